The average molecular weight is 349 g/mol. The second-order valence-electron chi connectivity index (χ2n) is 6.16. The smallest absolute Gasteiger partial charge is 0.323 e. The van der Waals surface area contributed by atoms with Crippen LogP contribution in [0.4, 0.5) is 16.0 Å². The van der Waals surface area contributed by atoms with Crippen LogP contribution in [0.5, 0.6) is 0 Å². The second kappa shape index (κ2) is 6.11. The Labute approximate surface area is 148 Å². The molecule has 130 valence electrons. The fourth-order valence-electron chi connectivity index (χ4n) is 2.73. The largest absolute Gasteiger partial charge is 0.350 e. The number of nitrogens with zero attached hydrogens (tertiary/aromatic N) is 3. The molecule has 4 aromatic rings. The summed E-state index contributed by atoms with van der Waals surface area (Å²) in [5, 5.41) is 9.32. The van der Waals surface area contributed by atoms with Crippen molar-refractivity contribution >= 4 is 17.3 Å². The molecule has 6 nitrogen and oxygen atoms in total. The highest BCUT2D eigenvalue weighted by atomic mass is 19.1. The third kappa shape index (κ3) is 2.83. The Hall–Kier alpha value is -3.48. The van der Waals surface area contributed by atoms with Crippen LogP contribution >= 0.6 is 0 Å². The van der Waals surface area contributed by atoms with E-state index in [0.29, 0.717) is 11.3 Å². The quantitative estimate of drug-likeness (QED) is 0.593. The van der Waals surface area contributed by atoms with Gasteiger partial charge in [-0.1, -0.05) is 35.9 Å². The number of H-pyrrole nitrogens is 1. The van der Waals surface area contributed by atoms with E-state index in [0.717, 1.165) is 16.7 Å². The van der Waals surface area contributed by atoms with Gasteiger partial charge in [-0.25, -0.2) is 23.7 Å². The van der Waals surface area contributed by atoms with Gasteiger partial charge in [-0.2, -0.15) is 5.10 Å². The maximum atomic E-state index is 14.2. The van der Waals surface area contributed by atoms with Crippen molar-refractivity contribution in [2.75, 3.05) is 5.32 Å². The molecule has 0 spiro atoms. The molecule has 0 aliphatic carbocycles. The van der Waals surface area contributed by atoms with Gasteiger partial charge >= 0.3 is 5.69 Å². The lowest BCUT2D eigenvalue weighted by atomic mass is 10.1. The number of benzene rings is 2. The monoisotopic (exact) mass is 349 g/mol. The van der Waals surface area contributed by atoms with Gasteiger partial charge in [0.1, 0.15) is 5.82 Å². The molecule has 2 N–H and O–H groups in total. The first-order chi connectivity index (χ1) is 12.5. The molecule has 26 heavy (non-hydrogen) atoms. The van der Waals surface area contributed by atoms with Gasteiger partial charge < -0.3 is 5.32 Å². The Morgan fingerprint density at radius 1 is 1.04 bits per heavy atom. The number of hydrogen-bond acceptors (Lipinski definition) is 4. The van der Waals surface area contributed by atoms with E-state index in [1.54, 1.807) is 18.2 Å². The Morgan fingerprint density at radius 3 is 2.50 bits per heavy atom. The van der Waals surface area contributed by atoms with Crippen LogP contribution in [0.25, 0.3) is 16.9 Å². The summed E-state index contributed by atoms with van der Waals surface area (Å²) in [6, 6.07) is 14.4. The number of anilines is 2. The highest BCUT2D eigenvalue weighted by Crippen LogP contribution is 2.24. The number of aryl methyl sites for hydroxylation is 2. The van der Waals surface area contributed by atoms with Crippen molar-refractivity contribution in [3.8, 4) is 11.3 Å². The number of halogens is 1. The van der Waals surface area contributed by atoms with Crippen LogP contribution in [0.1, 0.15) is 11.1 Å². The van der Waals surface area contributed by atoms with Crippen molar-refractivity contribution in [3.63, 3.8) is 0 Å². The molecule has 4 rings (SSSR count). The topological polar surface area (TPSA) is 75.1 Å². The number of nitrogens with one attached hydrogen (secondary N) is 2. The molecule has 7 heteroatoms. The molecule has 2 heterocycles. The van der Waals surface area contributed by atoms with Crippen LogP contribution in [0.3, 0.4) is 0 Å². The van der Waals surface area contributed by atoms with Gasteiger partial charge in [0, 0.05) is 11.6 Å². The van der Waals surface area contributed by atoms with Crippen molar-refractivity contribution < 1.29 is 4.39 Å². The van der Waals surface area contributed by atoms with Crippen molar-refractivity contribution in [1.29, 1.82) is 0 Å². The summed E-state index contributed by atoms with van der Waals surface area (Å²) in [6.45, 7) is 3.81. The first kappa shape index (κ1) is 16.0. The molecule has 0 aliphatic heterocycles. The summed E-state index contributed by atoms with van der Waals surface area (Å²) in [5.41, 5.74) is 3.63. The van der Waals surface area contributed by atoms with E-state index in [-0.39, 0.29) is 11.6 Å². The van der Waals surface area contributed by atoms with Gasteiger partial charge in [0.05, 0.1) is 11.4 Å². The molecule has 2 aromatic carbocycles. The zero-order chi connectivity index (χ0) is 18.3. The molecular weight excluding hydrogens is 333 g/mol. The molecule has 0 amide bonds. The predicted molar refractivity (Wildman–Crippen MR) is 98.2 cm³/mol. The number of aromatic nitrogens is 4. The summed E-state index contributed by atoms with van der Waals surface area (Å²) < 4.78 is 15.5. The first-order valence-corrected chi connectivity index (χ1v) is 8.10. The zero-order valence-electron chi connectivity index (χ0n) is 14.2. The normalized spacial score (nSPS) is 11.0. The Kier molecular flexibility index (Phi) is 3.76. The van der Waals surface area contributed by atoms with E-state index < -0.39 is 11.5 Å². The summed E-state index contributed by atoms with van der Waals surface area (Å²) in [4.78, 5) is 16.6. The number of rotatable bonds is 3. The zero-order valence-corrected chi connectivity index (χ0v) is 14.2. The van der Waals surface area contributed by atoms with Crippen LogP contribution in [0.2, 0.25) is 0 Å². The molecule has 0 bridgehead atoms. The molecular formula is C19H16FN5O. The van der Waals surface area contributed by atoms with Crippen LogP contribution in [0, 0.1) is 19.7 Å². The van der Waals surface area contributed by atoms with Crippen molar-refractivity contribution in [2.24, 2.45) is 0 Å². The Morgan fingerprint density at radius 2 is 1.77 bits per heavy atom. The second-order valence-corrected chi connectivity index (χ2v) is 6.16. The third-order valence-electron chi connectivity index (χ3n) is 4.12. The number of aromatic amines is 1. The average Bonchev–Trinajstić information content (AvgIpc) is 2.99. The van der Waals surface area contributed by atoms with Gasteiger partial charge in [-0.15, -0.1) is 0 Å². The van der Waals surface area contributed by atoms with Gasteiger partial charge in [0.2, 0.25) is 5.95 Å². The van der Waals surface area contributed by atoms with Gasteiger partial charge in [0.25, 0.3) is 0 Å². The lowest BCUT2D eigenvalue weighted by molar-refractivity contribution is 0.630. The molecule has 0 fully saturated rings. The van der Waals surface area contributed by atoms with Crippen LogP contribution in [0.15, 0.2) is 53.3 Å². The fraction of sp³-hybridized carbons (Fsp3) is 0.105. The van der Waals surface area contributed by atoms with Crippen molar-refractivity contribution in [1.82, 2.24) is 19.6 Å². The van der Waals surface area contributed by atoms with Gasteiger partial charge in [-0.05, 0) is 31.5 Å². The van der Waals surface area contributed by atoms with E-state index in [2.05, 4.69) is 20.5 Å². The summed E-state index contributed by atoms with van der Waals surface area (Å²) >= 11 is 0. The van der Waals surface area contributed by atoms with Crippen molar-refractivity contribution in [3.05, 3.63) is 76.0 Å². The SMILES string of the molecule is Cc1ccc(-c2cc3n[nH]c(=O)n3c(Nc3ccc(C)cc3F)n2)cc1. The third-order valence-corrected chi connectivity index (χ3v) is 4.12. The first-order valence-electron chi connectivity index (χ1n) is 8.10. The Balaban J connectivity index is 1.87. The summed E-state index contributed by atoms with van der Waals surface area (Å²) in [6.07, 6.45) is 0. The maximum Gasteiger partial charge on any atom is 0.350 e. The minimum absolute atomic E-state index is 0.194. The highest BCUT2D eigenvalue weighted by Gasteiger charge is 2.13. The van der Waals surface area contributed by atoms with E-state index in [9.17, 15) is 9.18 Å². The number of hydrogen-bond donors (Lipinski definition) is 2. The van der Waals surface area contributed by atoms with E-state index in [4.69, 9.17) is 0 Å². The molecule has 0 saturated heterocycles. The van der Waals surface area contributed by atoms with Crippen molar-refractivity contribution in [2.45, 2.75) is 13.8 Å². The Bertz CT molecular complexity index is 1160. The highest BCUT2D eigenvalue weighted by molar-refractivity contribution is 5.68. The predicted octanol–water partition coefficient (Wildman–Crippen LogP) is 3.58. The molecule has 0 saturated carbocycles. The minimum atomic E-state index is -0.446. The lowest BCUT2D eigenvalue weighted by Gasteiger charge is -2.11. The van der Waals surface area contributed by atoms with E-state index in [1.165, 1.54) is 10.5 Å². The lowest BCUT2D eigenvalue weighted by Crippen LogP contribution is -2.15. The van der Waals surface area contributed by atoms with E-state index in [1.807, 2.05) is 38.1 Å². The fourth-order valence-corrected chi connectivity index (χ4v) is 2.73. The van der Waals surface area contributed by atoms with Crippen LogP contribution in [-0.4, -0.2) is 19.6 Å². The molecule has 0 radical (unpaired) electrons. The molecule has 2 aromatic heterocycles. The van der Waals surface area contributed by atoms with Crippen LogP contribution < -0.4 is 11.0 Å². The van der Waals surface area contributed by atoms with E-state index >= 15 is 0 Å². The molecule has 0 aliphatic rings. The molecule has 0 unspecified atom stereocenters. The standard InChI is InChI=1S/C19H16FN5O/c1-11-3-6-13(7-4-11)16-10-17-23-24-19(26)25(17)18(22-16)21-15-8-5-12(2)9-14(15)20/h3-10H,1-2H3,(H,21,22)(H,24,26). The summed E-state index contributed by atoms with van der Waals surface area (Å²) in [7, 11) is 0. The summed E-state index contributed by atoms with van der Waals surface area (Å²) in [5.74, 6) is -0.225. The van der Waals surface area contributed by atoms with Gasteiger partial charge in [-0.3, -0.25) is 0 Å². The van der Waals surface area contributed by atoms with Gasteiger partial charge in [0.15, 0.2) is 5.65 Å². The number of fused-ring (bicyclic) bond motifs is 1. The minimum Gasteiger partial charge on any atom is -0.323 e. The molecule has 0 atom stereocenters. The maximum absolute atomic E-state index is 14.2. The van der Waals surface area contributed by atoms with Crippen LogP contribution in [-0.2, 0) is 0 Å².